The molecular formula is C27H33F3N4O9S. The van der Waals surface area contributed by atoms with Gasteiger partial charge in [-0.25, -0.2) is 4.79 Å². The Labute approximate surface area is 254 Å². The van der Waals surface area contributed by atoms with E-state index in [9.17, 15) is 47.4 Å². The molecule has 242 valence electrons. The molecule has 3 fully saturated rings. The van der Waals surface area contributed by atoms with Crippen molar-refractivity contribution in [1.29, 1.82) is 0 Å². The number of ether oxygens (including phenoxy) is 2. The molecule has 1 aromatic carbocycles. The average molecular weight is 647 g/mol. The number of imide groups is 1. The second kappa shape index (κ2) is 14.1. The third kappa shape index (κ3) is 7.99. The van der Waals surface area contributed by atoms with E-state index in [0.717, 1.165) is 16.7 Å². The second-order valence-electron chi connectivity index (χ2n) is 10.6. The van der Waals surface area contributed by atoms with E-state index in [1.165, 1.54) is 6.92 Å². The molecule has 3 aliphatic heterocycles. The summed E-state index contributed by atoms with van der Waals surface area (Å²) in [5, 5.41) is 25.3. The molecule has 0 spiro atoms. The van der Waals surface area contributed by atoms with Crippen LogP contribution in [0.3, 0.4) is 0 Å². The van der Waals surface area contributed by atoms with Crippen molar-refractivity contribution < 1.29 is 56.8 Å². The molecule has 3 heterocycles. The summed E-state index contributed by atoms with van der Waals surface area (Å²) in [6.07, 6.45) is -10.5. The lowest BCUT2D eigenvalue weighted by molar-refractivity contribution is -0.207. The van der Waals surface area contributed by atoms with E-state index >= 15 is 0 Å². The summed E-state index contributed by atoms with van der Waals surface area (Å²) in [6.45, 7) is 1.03. The molecule has 1 aromatic rings. The quantitative estimate of drug-likeness (QED) is 0.189. The van der Waals surface area contributed by atoms with E-state index < -0.39 is 53.8 Å². The Kier molecular flexibility index (Phi) is 10.8. The molecule has 4 rings (SSSR count). The molecule has 44 heavy (non-hydrogen) atoms. The average Bonchev–Trinajstić information content (AvgIpc) is 3.50. The Bertz CT molecular complexity index is 1270. The Hall–Kier alpha value is -3.41. The number of nitrogens with zero attached hydrogens (tertiary/aromatic N) is 2. The monoisotopic (exact) mass is 646 g/mol. The minimum Gasteiger partial charge on any atom is -0.492 e. The Balaban J connectivity index is 1.18. The van der Waals surface area contributed by atoms with Crippen molar-refractivity contribution in [2.75, 3.05) is 32.0 Å². The van der Waals surface area contributed by atoms with Crippen molar-refractivity contribution in [3.8, 4) is 5.75 Å². The zero-order chi connectivity index (χ0) is 32.2. The molecule has 0 saturated carbocycles. The highest BCUT2D eigenvalue weighted by atomic mass is 32.2. The van der Waals surface area contributed by atoms with Gasteiger partial charge in [-0.05, 0) is 31.0 Å². The second-order valence-corrected chi connectivity index (χ2v) is 11.8. The van der Waals surface area contributed by atoms with Crippen LogP contribution in [-0.2, 0) is 30.5 Å². The molecule has 13 nitrogen and oxygen atoms in total. The van der Waals surface area contributed by atoms with Gasteiger partial charge in [0, 0.05) is 19.5 Å². The first kappa shape index (κ1) is 33.5. The van der Waals surface area contributed by atoms with Crippen LogP contribution in [-0.4, -0.2) is 123 Å². The van der Waals surface area contributed by atoms with Gasteiger partial charge >= 0.3 is 18.1 Å². The zero-order valence-corrected chi connectivity index (χ0v) is 24.4. The normalized spacial score (nSPS) is 26.9. The number of halogens is 3. The molecule has 4 unspecified atom stereocenters. The van der Waals surface area contributed by atoms with Crippen LogP contribution in [0.2, 0.25) is 0 Å². The minimum atomic E-state index is -5.13. The lowest BCUT2D eigenvalue weighted by Crippen LogP contribution is -2.63. The number of nitrogens with one attached hydrogen (secondary N) is 2. The van der Waals surface area contributed by atoms with Gasteiger partial charge in [-0.2, -0.15) is 13.2 Å². The Morgan fingerprint density at radius 1 is 1.16 bits per heavy atom. The van der Waals surface area contributed by atoms with Gasteiger partial charge in [-0.15, -0.1) is 11.8 Å². The van der Waals surface area contributed by atoms with Gasteiger partial charge in [0.15, 0.2) is 0 Å². The van der Waals surface area contributed by atoms with Crippen LogP contribution in [0.5, 0.6) is 5.75 Å². The number of hydrogen-bond donors (Lipinski definition) is 4. The number of aliphatic hydroxyl groups is 2. The summed E-state index contributed by atoms with van der Waals surface area (Å²) in [5.41, 5.74) is 0.649. The third-order valence-electron chi connectivity index (χ3n) is 7.38. The van der Waals surface area contributed by atoms with Crippen molar-refractivity contribution in [3.63, 3.8) is 0 Å². The topological polar surface area (TPSA) is 175 Å². The maximum atomic E-state index is 12.9. The molecule has 0 aliphatic carbocycles. The summed E-state index contributed by atoms with van der Waals surface area (Å²) in [7, 11) is 0. The third-order valence-corrected chi connectivity index (χ3v) is 8.72. The number of ketones is 1. The Morgan fingerprint density at radius 3 is 2.61 bits per heavy atom. The first-order valence-corrected chi connectivity index (χ1v) is 14.9. The number of aliphatic hydroxyl groups excluding tert-OH is 2. The predicted molar refractivity (Wildman–Crippen MR) is 147 cm³/mol. The smallest absolute Gasteiger partial charge is 0.471 e. The van der Waals surface area contributed by atoms with Crippen LogP contribution in [0.1, 0.15) is 25.3 Å². The molecule has 17 heteroatoms. The number of fused-ring (bicyclic) bond motifs is 1. The number of carbonyl (C=O) groups excluding carboxylic acids is 5. The first-order valence-electron chi connectivity index (χ1n) is 13.8. The van der Waals surface area contributed by atoms with Crippen molar-refractivity contribution in [2.24, 2.45) is 0 Å². The molecule has 0 radical (unpaired) electrons. The number of amides is 5. The van der Waals surface area contributed by atoms with Gasteiger partial charge in [0.1, 0.15) is 36.5 Å². The van der Waals surface area contributed by atoms with E-state index in [-0.39, 0.29) is 69.0 Å². The fraction of sp³-hybridized carbons (Fsp3) is 0.593. The van der Waals surface area contributed by atoms with E-state index in [0.29, 0.717) is 16.2 Å². The van der Waals surface area contributed by atoms with Gasteiger partial charge in [-0.1, -0.05) is 12.1 Å². The summed E-state index contributed by atoms with van der Waals surface area (Å²) in [6, 6.07) is 4.73. The number of hydrogen-bond acceptors (Lipinski definition) is 10. The highest BCUT2D eigenvalue weighted by molar-refractivity contribution is 8.01. The lowest BCUT2D eigenvalue weighted by Gasteiger charge is -2.42. The number of Topliss-reactive ketones (excluding diaryl/α,β-unsaturated/α-hetero) is 1. The summed E-state index contributed by atoms with van der Waals surface area (Å²) >= 11 is 1.15. The molecule has 0 aromatic heterocycles. The molecule has 0 bridgehead atoms. The van der Waals surface area contributed by atoms with Gasteiger partial charge in [-0.3, -0.25) is 24.1 Å². The minimum absolute atomic E-state index is 0.0306. The predicted octanol–water partition coefficient (Wildman–Crippen LogP) is -0.0333. The number of thioether (sulfide) groups is 1. The maximum Gasteiger partial charge on any atom is 0.471 e. The molecule has 6 atom stereocenters. The van der Waals surface area contributed by atoms with Crippen LogP contribution in [0.15, 0.2) is 24.3 Å². The molecular weight excluding hydrogens is 613 g/mol. The molecule has 3 aliphatic rings. The van der Waals surface area contributed by atoms with Crippen molar-refractivity contribution in [2.45, 2.75) is 68.2 Å². The van der Waals surface area contributed by atoms with Crippen molar-refractivity contribution in [1.82, 2.24) is 20.4 Å². The SMILES string of the molecule is CC(=O)CSC1CC(=O)N(Cc2cccc(OCCNC(=O)NCC3OC4CCN(C(=O)C(F)(F)F)C4[C@@H](O)[C@H]3O)c2)C1=O. The number of urea groups is 1. The van der Waals surface area contributed by atoms with Gasteiger partial charge in [0.2, 0.25) is 11.8 Å². The van der Waals surface area contributed by atoms with E-state index in [1.807, 2.05) is 0 Å². The van der Waals surface area contributed by atoms with Gasteiger partial charge < -0.3 is 35.2 Å². The van der Waals surface area contributed by atoms with Crippen molar-refractivity contribution >= 4 is 41.3 Å². The van der Waals surface area contributed by atoms with E-state index in [4.69, 9.17) is 9.47 Å². The van der Waals surface area contributed by atoms with Gasteiger partial charge in [0.05, 0.1) is 36.2 Å². The highest BCUT2D eigenvalue weighted by Gasteiger charge is 2.55. The van der Waals surface area contributed by atoms with Crippen LogP contribution in [0.4, 0.5) is 18.0 Å². The fourth-order valence-electron chi connectivity index (χ4n) is 5.31. The lowest BCUT2D eigenvalue weighted by atomic mass is 9.93. The van der Waals surface area contributed by atoms with Crippen LogP contribution in [0, 0.1) is 0 Å². The van der Waals surface area contributed by atoms with Gasteiger partial charge in [0.25, 0.3) is 0 Å². The van der Waals surface area contributed by atoms with Crippen molar-refractivity contribution in [3.05, 3.63) is 29.8 Å². The first-order chi connectivity index (χ1) is 20.8. The number of likely N-dealkylation sites (tertiary alicyclic amines) is 2. The number of benzene rings is 1. The van der Waals surface area contributed by atoms with E-state index in [2.05, 4.69) is 10.6 Å². The largest absolute Gasteiger partial charge is 0.492 e. The van der Waals surface area contributed by atoms with Crippen LogP contribution in [0.25, 0.3) is 0 Å². The van der Waals surface area contributed by atoms with Crippen LogP contribution < -0.4 is 15.4 Å². The summed E-state index contributed by atoms with van der Waals surface area (Å²) < 4.78 is 49.9. The number of rotatable bonds is 11. The summed E-state index contributed by atoms with van der Waals surface area (Å²) in [5.74, 6) is -2.26. The fourth-order valence-corrected chi connectivity index (χ4v) is 6.27. The standard InChI is InChI=1S/C27H33F3N4O9S/c1-14(35)13-44-19-10-20(36)34(24(19)39)12-15-3-2-4-16(9-15)42-8-6-31-26(41)32-11-18-22(37)23(38)21-17(43-18)5-7-33(21)25(40)27(28,29)30/h2-4,9,17-19,21-23,37-38H,5-8,10-13H2,1H3,(H2,31,32,41)/t17?,18?,19?,21?,22-,23+/m0/s1. The maximum absolute atomic E-state index is 12.9. The van der Waals surface area contributed by atoms with Crippen LogP contribution >= 0.6 is 11.8 Å². The molecule has 3 saturated heterocycles. The summed E-state index contributed by atoms with van der Waals surface area (Å²) in [4.78, 5) is 61.7. The number of alkyl halides is 3. The molecule has 4 N–H and O–H groups in total. The Morgan fingerprint density at radius 2 is 1.91 bits per heavy atom. The zero-order valence-electron chi connectivity index (χ0n) is 23.6. The van der Waals surface area contributed by atoms with E-state index in [1.54, 1.807) is 24.3 Å². The number of carbonyl (C=O) groups is 5. The molecule has 5 amide bonds. The highest BCUT2D eigenvalue weighted by Crippen LogP contribution is 2.34.